The van der Waals surface area contributed by atoms with Crippen LogP contribution < -0.4 is 5.32 Å². The van der Waals surface area contributed by atoms with Crippen LogP contribution in [0, 0.1) is 6.92 Å². The van der Waals surface area contributed by atoms with Crippen molar-refractivity contribution in [1.29, 1.82) is 0 Å². The van der Waals surface area contributed by atoms with Crippen LogP contribution in [0.4, 0.5) is 0 Å². The van der Waals surface area contributed by atoms with Crippen LogP contribution in [0.2, 0.25) is 0 Å². The minimum absolute atomic E-state index is 0.151. The number of thioether (sulfide) groups is 1. The molecule has 4 nitrogen and oxygen atoms in total. The zero-order chi connectivity index (χ0) is 12.8. The summed E-state index contributed by atoms with van der Waals surface area (Å²) in [5, 5.41) is 4.79. The number of amides is 1. The molecule has 2 aromatic rings. The van der Waals surface area contributed by atoms with Gasteiger partial charge in [0.15, 0.2) is 5.76 Å². The Morgan fingerprint density at radius 3 is 3.11 bits per heavy atom. The smallest absolute Gasteiger partial charge is 0.286 e. The molecule has 0 aliphatic carbocycles. The van der Waals surface area contributed by atoms with E-state index in [9.17, 15) is 4.79 Å². The van der Waals surface area contributed by atoms with Crippen LogP contribution in [0.15, 0.2) is 32.5 Å². The highest BCUT2D eigenvalue weighted by Gasteiger charge is 2.08. The average molecular weight is 282 g/mol. The predicted molar refractivity (Wildman–Crippen MR) is 73.2 cm³/mol. The van der Waals surface area contributed by atoms with E-state index in [1.807, 2.05) is 12.3 Å². The van der Waals surface area contributed by atoms with Crippen molar-refractivity contribution >= 4 is 29.0 Å². The third-order valence-electron chi connectivity index (χ3n) is 2.21. The Morgan fingerprint density at radius 2 is 2.44 bits per heavy atom. The van der Waals surface area contributed by atoms with Gasteiger partial charge in [0.2, 0.25) is 0 Å². The zero-order valence-electron chi connectivity index (χ0n) is 10.0. The van der Waals surface area contributed by atoms with Crippen molar-refractivity contribution in [3.05, 3.63) is 35.2 Å². The number of hydrogen-bond donors (Lipinski definition) is 1. The third-order valence-corrected chi connectivity index (χ3v) is 4.26. The fraction of sp³-hybridized carbons (Fsp3) is 0.333. The van der Waals surface area contributed by atoms with Gasteiger partial charge in [0.05, 0.1) is 0 Å². The van der Waals surface area contributed by atoms with Gasteiger partial charge in [-0.2, -0.15) is 0 Å². The van der Waals surface area contributed by atoms with Crippen molar-refractivity contribution in [2.24, 2.45) is 0 Å². The monoisotopic (exact) mass is 282 g/mol. The normalized spacial score (nSPS) is 10.5. The van der Waals surface area contributed by atoms with Gasteiger partial charge in [-0.3, -0.25) is 4.79 Å². The number of aryl methyl sites for hydroxylation is 1. The standard InChI is InChI=1S/C12H14N2O2S2/c1-9-3-4-10(16-9)11(15)13-5-2-7-17-12-14-6-8-18-12/h3-4,6,8H,2,5,7H2,1H3,(H,13,15). The minimum atomic E-state index is -0.151. The van der Waals surface area contributed by atoms with E-state index in [1.54, 1.807) is 41.4 Å². The van der Waals surface area contributed by atoms with E-state index in [2.05, 4.69) is 10.3 Å². The quantitative estimate of drug-likeness (QED) is 0.654. The summed E-state index contributed by atoms with van der Waals surface area (Å²) in [6.45, 7) is 2.47. The van der Waals surface area contributed by atoms with Gasteiger partial charge in [0, 0.05) is 23.9 Å². The molecule has 96 valence electrons. The zero-order valence-corrected chi connectivity index (χ0v) is 11.6. The molecule has 0 aromatic carbocycles. The summed E-state index contributed by atoms with van der Waals surface area (Å²) >= 11 is 3.35. The van der Waals surface area contributed by atoms with Gasteiger partial charge in [-0.15, -0.1) is 11.3 Å². The lowest BCUT2D eigenvalue weighted by molar-refractivity contribution is 0.0925. The molecule has 1 N–H and O–H groups in total. The Balaban J connectivity index is 1.62. The Morgan fingerprint density at radius 1 is 1.56 bits per heavy atom. The number of nitrogens with zero attached hydrogens (tertiary/aromatic N) is 1. The number of carbonyl (C=O) groups is 1. The SMILES string of the molecule is Cc1ccc(C(=O)NCCCSc2nccs2)o1. The molecule has 0 spiro atoms. The van der Waals surface area contributed by atoms with Crippen LogP contribution in [0.5, 0.6) is 0 Å². The van der Waals surface area contributed by atoms with Gasteiger partial charge < -0.3 is 9.73 Å². The molecule has 18 heavy (non-hydrogen) atoms. The molecule has 0 unspecified atom stereocenters. The fourth-order valence-electron chi connectivity index (χ4n) is 1.36. The second-order valence-electron chi connectivity index (χ2n) is 3.67. The number of hydrogen-bond acceptors (Lipinski definition) is 5. The molecule has 0 bridgehead atoms. The summed E-state index contributed by atoms with van der Waals surface area (Å²) in [4.78, 5) is 15.8. The molecular weight excluding hydrogens is 268 g/mol. The number of nitrogens with one attached hydrogen (secondary N) is 1. The first-order chi connectivity index (χ1) is 8.75. The lowest BCUT2D eigenvalue weighted by Crippen LogP contribution is -2.24. The highest BCUT2D eigenvalue weighted by Crippen LogP contribution is 2.20. The molecule has 0 radical (unpaired) electrons. The number of thiazole rings is 1. The van der Waals surface area contributed by atoms with E-state index in [-0.39, 0.29) is 5.91 Å². The maximum absolute atomic E-state index is 11.6. The van der Waals surface area contributed by atoms with Crippen LogP contribution >= 0.6 is 23.1 Å². The summed E-state index contributed by atoms with van der Waals surface area (Å²) in [6.07, 6.45) is 2.71. The molecule has 1 amide bonds. The Kier molecular flexibility index (Phi) is 4.83. The third kappa shape index (κ3) is 3.89. The maximum Gasteiger partial charge on any atom is 0.286 e. The number of rotatable bonds is 6. The molecule has 0 fully saturated rings. The molecule has 0 aliphatic heterocycles. The highest BCUT2D eigenvalue weighted by atomic mass is 32.2. The van der Waals surface area contributed by atoms with E-state index in [4.69, 9.17) is 4.42 Å². The first-order valence-corrected chi connectivity index (χ1v) is 7.49. The molecule has 2 heterocycles. The predicted octanol–water partition coefficient (Wildman–Crippen LogP) is 2.96. The van der Waals surface area contributed by atoms with E-state index < -0.39 is 0 Å². The second kappa shape index (κ2) is 6.61. The van der Waals surface area contributed by atoms with Gasteiger partial charge >= 0.3 is 0 Å². The largest absolute Gasteiger partial charge is 0.456 e. The summed E-state index contributed by atoms with van der Waals surface area (Å²) in [6, 6.07) is 3.47. The highest BCUT2D eigenvalue weighted by molar-refractivity contribution is 8.00. The van der Waals surface area contributed by atoms with Gasteiger partial charge in [-0.1, -0.05) is 11.8 Å². The van der Waals surface area contributed by atoms with Crippen molar-refractivity contribution in [2.75, 3.05) is 12.3 Å². The van der Waals surface area contributed by atoms with Crippen LogP contribution in [0.3, 0.4) is 0 Å². The van der Waals surface area contributed by atoms with Crippen molar-refractivity contribution in [3.8, 4) is 0 Å². The van der Waals surface area contributed by atoms with Crippen molar-refractivity contribution < 1.29 is 9.21 Å². The van der Waals surface area contributed by atoms with E-state index >= 15 is 0 Å². The van der Waals surface area contributed by atoms with Gasteiger partial charge in [0.1, 0.15) is 10.1 Å². The molecule has 0 saturated carbocycles. The van der Waals surface area contributed by atoms with E-state index in [0.717, 1.165) is 22.3 Å². The van der Waals surface area contributed by atoms with E-state index in [1.165, 1.54) is 0 Å². The van der Waals surface area contributed by atoms with Crippen molar-refractivity contribution in [3.63, 3.8) is 0 Å². The van der Waals surface area contributed by atoms with Crippen LogP contribution in [0.1, 0.15) is 22.7 Å². The van der Waals surface area contributed by atoms with Crippen LogP contribution in [-0.4, -0.2) is 23.2 Å². The molecule has 0 saturated heterocycles. The molecule has 0 aliphatic rings. The number of aromatic nitrogens is 1. The first kappa shape index (κ1) is 13.2. The second-order valence-corrected chi connectivity index (χ2v) is 5.90. The lowest BCUT2D eigenvalue weighted by atomic mass is 10.4. The Hall–Kier alpha value is -1.27. The molecule has 2 aromatic heterocycles. The Labute approximate surface area is 114 Å². The molecule has 0 atom stereocenters. The summed E-state index contributed by atoms with van der Waals surface area (Å²) in [5.74, 6) is 1.92. The first-order valence-electron chi connectivity index (χ1n) is 5.62. The van der Waals surface area contributed by atoms with E-state index in [0.29, 0.717) is 12.3 Å². The van der Waals surface area contributed by atoms with Gasteiger partial charge in [0.25, 0.3) is 5.91 Å². The fourth-order valence-corrected chi connectivity index (χ4v) is 3.01. The summed E-state index contributed by atoms with van der Waals surface area (Å²) in [5.41, 5.74) is 0. The average Bonchev–Trinajstić information content (AvgIpc) is 2.99. The van der Waals surface area contributed by atoms with Crippen molar-refractivity contribution in [2.45, 2.75) is 17.7 Å². The minimum Gasteiger partial charge on any atom is -0.456 e. The summed E-state index contributed by atoms with van der Waals surface area (Å²) < 4.78 is 6.31. The van der Waals surface area contributed by atoms with Crippen LogP contribution in [0.25, 0.3) is 0 Å². The Bertz CT molecular complexity index is 494. The number of carbonyl (C=O) groups excluding carboxylic acids is 1. The van der Waals surface area contributed by atoms with Gasteiger partial charge in [-0.25, -0.2) is 4.98 Å². The summed E-state index contributed by atoms with van der Waals surface area (Å²) in [7, 11) is 0. The maximum atomic E-state index is 11.6. The lowest BCUT2D eigenvalue weighted by Gasteiger charge is -2.02. The molecule has 2 rings (SSSR count). The van der Waals surface area contributed by atoms with Gasteiger partial charge in [-0.05, 0) is 25.5 Å². The molecular formula is C12H14N2O2S2. The van der Waals surface area contributed by atoms with Crippen molar-refractivity contribution in [1.82, 2.24) is 10.3 Å². The number of furan rings is 1. The topological polar surface area (TPSA) is 55.1 Å². The van der Waals surface area contributed by atoms with Crippen LogP contribution in [-0.2, 0) is 0 Å². The molecule has 6 heteroatoms.